The maximum absolute atomic E-state index is 11.1. The van der Waals surface area contributed by atoms with Crippen LogP contribution in [0.15, 0.2) is 110 Å². The maximum Gasteiger partial charge on any atom is 3.00 e. The van der Waals surface area contributed by atoms with E-state index in [1.165, 1.54) is 74.8 Å². The minimum Gasteiger partial charge on any atom is -0.863 e. The van der Waals surface area contributed by atoms with Gasteiger partial charge in [-0.2, -0.15) is 0 Å². The van der Waals surface area contributed by atoms with Gasteiger partial charge in [-0.3, -0.25) is 121 Å². The third-order valence-corrected chi connectivity index (χ3v) is 12.7. The third-order valence-electron chi connectivity index (χ3n) is 12.7. The zero-order valence-corrected chi connectivity index (χ0v) is 46.0. The number of nitro groups is 9. The number of aromatic nitrogens is 3. The van der Waals surface area contributed by atoms with Crippen LogP contribution in [0.1, 0.15) is 73.3 Å². The summed E-state index contributed by atoms with van der Waals surface area (Å²) >= 11 is 0. The number of nitrogens with zero attached hydrogens (tertiary/aromatic N) is 15. The molecule has 37 heteroatoms. The SMILES string of the molecule is CN1CCC[C@H]1c1cccnc1.CN1CCC[C@H]1c1cccnc1.CN1CCC[C@H]1c1cccnc1.O=[N+]([O-])c1cc([N+](=O)[O-])c([O-])c([N+](=O)[O-])c1.O=[N+]([O-])c1cc([N+](=O)[O-])c([O-])c([N+](=O)[O-])c1.O=[N+]([O-])c1cc([N+](=O)[O-])c([O-])c([N+](=O)[O-])c1.[Al+3]. The molecule has 0 unspecified atom stereocenters. The number of rotatable bonds is 12. The van der Waals surface area contributed by atoms with Crippen molar-refractivity contribution in [3.63, 3.8) is 0 Å². The van der Waals surface area contributed by atoms with E-state index in [0.717, 1.165) is 0 Å². The fourth-order valence-corrected chi connectivity index (χ4v) is 8.60. The molecule has 0 aliphatic carbocycles. The smallest absolute Gasteiger partial charge is 0.863 e. The molecule has 9 rings (SSSR count). The van der Waals surface area contributed by atoms with Crippen LogP contribution in [0, 0.1) is 91.0 Å². The van der Waals surface area contributed by atoms with Gasteiger partial charge in [-0.15, -0.1) is 0 Å². The van der Waals surface area contributed by atoms with Gasteiger partial charge in [-0.25, -0.2) is 0 Å². The Morgan fingerprint density at radius 3 is 0.694 bits per heavy atom. The quantitative estimate of drug-likeness (QED) is 0.0705. The molecule has 0 saturated carbocycles. The van der Waals surface area contributed by atoms with Crippen LogP contribution in [0.5, 0.6) is 17.2 Å². The Kier molecular flexibility index (Phi) is 26.1. The predicted molar refractivity (Wildman–Crippen MR) is 290 cm³/mol. The van der Waals surface area contributed by atoms with Crippen molar-refractivity contribution in [2.45, 2.75) is 56.7 Å². The van der Waals surface area contributed by atoms with Crippen molar-refractivity contribution in [3.05, 3.63) is 218 Å². The molecule has 0 radical (unpaired) electrons. The van der Waals surface area contributed by atoms with E-state index in [-0.39, 0.29) is 17.4 Å². The predicted octanol–water partition coefficient (Wildman–Crippen LogP) is 6.62. The average molecular weight is 1200 g/mol. The normalized spacial score (nSPS) is 15.9. The summed E-state index contributed by atoms with van der Waals surface area (Å²) in [5.41, 5.74) is -5.72. The molecule has 0 amide bonds. The van der Waals surface area contributed by atoms with Crippen molar-refractivity contribution in [3.8, 4) is 17.2 Å². The molecule has 3 saturated heterocycles. The van der Waals surface area contributed by atoms with Crippen LogP contribution in [0.2, 0.25) is 0 Å². The van der Waals surface area contributed by atoms with E-state index in [1.807, 2.05) is 55.4 Å². The summed E-state index contributed by atoms with van der Waals surface area (Å²) in [4.78, 5) is 102. The molecule has 0 spiro atoms. The number of likely N-dealkylation sites (tertiary alicyclic amines) is 3. The van der Waals surface area contributed by atoms with Gasteiger partial charge in [0.15, 0.2) is 0 Å². The van der Waals surface area contributed by atoms with Gasteiger partial charge in [0.05, 0.1) is 98.0 Å². The van der Waals surface area contributed by atoms with Gasteiger partial charge in [-0.05, 0) is 114 Å². The molecule has 85 heavy (non-hydrogen) atoms. The second-order valence-corrected chi connectivity index (χ2v) is 18.0. The molecular weight excluding hydrogens is 1150 g/mol. The first-order valence-corrected chi connectivity index (χ1v) is 24.3. The van der Waals surface area contributed by atoms with E-state index in [4.69, 9.17) is 0 Å². The standard InChI is InChI=1S/3C10H14N2.3C6H3N3O7.Al/c3*1-12-7-3-5-10(12)9-4-2-6-11-8-9;3*10-6-4(8(13)14)1-3(7(11)12)2-5(6)9(15)16;/h3*2,4,6,8,10H,3,5,7H2,1H3;3*1-2,10H;/q;;;;;;+3/p-3/t3*10-;;;;/m000..../s1. The second kappa shape index (κ2) is 32.2. The molecule has 444 valence electrons. The number of benzene rings is 3. The van der Waals surface area contributed by atoms with Crippen molar-refractivity contribution >= 4 is 68.5 Å². The summed E-state index contributed by atoms with van der Waals surface area (Å²) in [6, 6.07) is 16.7. The molecular formula is C48H48AlN15O21. The van der Waals surface area contributed by atoms with Crippen molar-refractivity contribution in [2.24, 2.45) is 0 Å². The first-order valence-electron chi connectivity index (χ1n) is 24.3. The van der Waals surface area contributed by atoms with Gasteiger partial charge in [0, 0.05) is 55.3 Å². The number of non-ortho nitro benzene ring substituents is 3. The third kappa shape index (κ3) is 19.3. The molecule has 6 heterocycles. The fraction of sp³-hybridized carbons (Fsp3) is 0.312. The van der Waals surface area contributed by atoms with E-state index in [2.05, 4.69) is 69.0 Å². The van der Waals surface area contributed by atoms with Gasteiger partial charge in [0.2, 0.25) is 0 Å². The maximum atomic E-state index is 11.1. The zero-order chi connectivity index (χ0) is 62.5. The van der Waals surface area contributed by atoms with Gasteiger partial charge in [0.1, 0.15) is 0 Å². The number of nitro benzene ring substituents is 9. The van der Waals surface area contributed by atoms with Crippen LogP contribution < -0.4 is 15.3 Å². The Morgan fingerprint density at radius 1 is 0.365 bits per heavy atom. The van der Waals surface area contributed by atoms with Crippen molar-refractivity contribution in [1.29, 1.82) is 0 Å². The summed E-state index contributed by atoms with van der Waals surface area (Å²) in [5, 5.41) is 126. The Balaban J connectivity index is 0.000000268. The monoisotopic (exact) mass is 1200 g/mol. The molecule has 3 atom stereocenters. The van der Waals surface area contributed by atoms with E-state index in [9.17, 15) is 106 Å². The van der Waals surface area contributed by atoms with Crippen LogP contribution in [0.25, 0.3) is 0 Å². The molecule has 0 N–H and O–H groups in total. The van der Waals surface area contributed by atoms with Gasteiger partial charge >= 0.3 is 17.4 Å². The number of hydrogen-bond acceptors (Lipinski definition) is 27. The molecule has 3 fully saturated rings. The van der Waals surface area contributed by atoms with E-state index in [1.54, 1.807) is 0 Å². The molecule has 3 aliphatic rings. The van der Waals surface area contributed by atoms with Gasteiger partial charge < -0.3 is 15.3 Å². The summed E-state index contributed by atoms with van der Waals surface area (Å²) in [7, 11) is 6.56. The van der Waals surface area contributed by atoms with E-state index in [0.29, 0.717) is 54.5 Å². The van der Waals surface area contributed by atoms with Crippen LogP contribution >= 0.6 is 0 Å². The fourth-order valence-electron chi connectivity index (χ4n) is 8.60. The number of pyridine rings is 3. The number of hydrogen-bond donors (Lipinski definition) is 0. The Morgan fingerprint density at radius 2 is 0.565 bits per heavy atom. The van der Waals surface area contributed by atoms with Crippen LogP contribution in [0.3, 0.4) is 0 Å². The summed E-state index contributed by atoms with van der Waals surface area (Å²) < 4.78 is 0. The van der Waals surface area contributed by atoms with Crippen LogP contribution in [-0.2, 0) is 0 Å². The van der Waals surface area contributed by atoms with E-state index >= 15 is 0 Å². The van der Waals surface area contributed by atoms with Crippen molar-refractivity contribution in [2.75, 3.05) is 40.8 Å². The molecule has 3 aromatic heterocycles. The molecule has 6 aromatic rings. The van der Waals surface area contributed by atoms with E-state index < -0.39 is 113 Å². The first-order chi connectivity index (χ1) is 39.7. The Bertz CT molecular complexity index is 2920. The zero-order valence-electron chi connectivity index (χ0n) is 44.8. The largest absolute Gasteiger partial charge is 3.00 e. The minimum atomic E-state index is -1.46. The molecule has 36 nitrogen and oxygen atoms in total. The Labute approximate surface area is 488 Å². The molecule has 3 aliphatic heterocycles. The summed E-state index contributed by atoms with van der Waals surface area (Å²) in [6.07, 6.45) is 19.2. The molecule has 0 bridgehead atoms. The first kappa shape index (κ1) is 68.8. The average Bonchev–Trinajstić information content (AvgIpc) is 4.30. The summed E-state index contributed by atoms with van der Waals surface area (Å²) in [5.74, 6) is -4.37. The van der Waals surface area contributed by atoms with Crippen molar-refractivity contribution < 1.29 is 59.6 Å². The Hall–Kier alpha value is -10.5. The topological polar surface area (TPSA) is 506 Å². The van der Waals surface area contributed by atoms with Crippen LogP contribution in [-0.4, -0.2) is 132 Å². The van der Waals surface area contributed by atoms with Crippen LogP contribution in [0.4, 0.5) is 51.2 Å². The van der Waals surface area contributed by atoms with Crippen molar-refractivity contribution in [1.82, 2.24) is 29.7 Å². The second-order valence-electron chi connectivity index (χ2n) is 18.0. The molecule has 3 aromatic carbocycles. The summed E-state index contributed by atoms with van der Waals surface area (Å²) in [6.45, 7) is 3.67. The minimum absolute atomic E-state index is 0. The van der Waals surface area contributed by atoms with Gasteiger partial charge in [0.25, 0.3) is 51.2 Å². The van der Waals surface area contributed by atoms with Gasteiger partial charge in [-0.1, -0.05) is 18.2 Å².